The van der Waals surface area contributed by atoms with Crippen LogP contribution in [0.4, 0.5) is 0 Å². The van der Waals surface area contributed by atoms with Gasteiger partial charge in [-0.15, -0.1) is 0 Å². The Hall–Kier alpha value is -0.0400. The van der Waals surface area contributed by atoms with Crippen molar-refractivity contribution < 1.29 is 0 Å². The first-order chi connectivity index (χ1) is 4.63. The maximum atomic E-state index is 3.57. The summed E-state index contributed by atoms with van der Waals surface area (Å²) >= 11 is 0. The molecule has 60 valence electrons. The van der Waals surface area contributed by atoms with Crippen LogP contribution in [0.25, 0.3) is 0 Å². The fourth-order valence-electron chi connectivity index (χ4n) is 1.52. The van der Waals surface area contributed by atoms with Crippen molar-refractivity contribution >= 4 is 0 Å². The van der Waals surface area contributed by atoms with E-state index in [1.54, 1.807) is 0 Å². The lowest BCUT2D eigenvalue weighted by Gasteiger charge is -2.30. The van der Waals surface area contributed by atoms with Gasteiger partial charge in [-0.1, -0.05) is 13.3 Å². The Kier molecular flexibility index (Phi) is 2.35. The molecule has 1 unspecified atom stereocenters. The van der Waals surface area contributed by atoms with Crippen molar-refractivity contribution in [2.24, 2.45) is 5.92 Å². The summed E-state index contributed by atoms with van der Waals surface area (Å²) < 4.78 is 0. The van der Waals surface area contributed by atoms with Gasteiger partial charge in [0, 0.05) is 5.54 Å². The van der Waals surface area contributed by atoms with E-state index in [0.29, 0.717) is 5.54 Å². The average Bonchev–Trinajstić information content (AvgIpc) is 1.96. The zero-order valence-electron chi connectivity index (χ0n) is 7.41. The van der Waals surface area contributed by atoms with Crippen LogP contribution in [0.3, 0.4) is 0 Å². The lowest BCUT2D eigenvalue weighted by molar-refractivity contribution is 0.281. The van der Waals surface area contributed by atoms with Crippen molar-refractivity contribution in [2.75, 3.05) is 6.54 Å². The molecule has 0 aromatic rings. The predicted octanol–water partition coefficient (Wildman–Crippen LogP) is 2.17. The van der Waals surface area contributed by atoms with E-state index in [1.807, 2.05) is 0 Å². The van der Waals surface area contributed by atoms with Crippen molar-refractivity contribution in [2.45, 2.75) is 45.6 Å². The van der Waals surface area contributed by atoms with E-state index < -0.39 is 0 Å². The fraction of sp³-hybridized carbons (Fsp3) is 1.00. The molecule has 0 amide bonds. The Labute approximate surface area is 64.2 Å². The molecule has 1 rings (SSSR count). The minimum absolute atomic E-state index is 0.372. The molecule has 1 aliphatic rings. The van der Waals surface area contributed by atoms with Crippen LogP contribution >= 0.6 is 0 Å². The molecule has 1 aliphatic heterocycles. The summed E-state index contributed by atoms with van der Waals surface area (Å²) in [6, 6.07) is 0. The molecule has 1 saturated heterocycles. The smallest absolute Gasteiger partial charge is 0.0150 e. The SMILES string of the molecule is CC1CCCCNC1(C)C. The molecule has 0 saturated carbocycles. The van der Waals surface area contributed by atoms with E-state index in [4.69, 9.17) is 0 Å². The van der Waals surface area contributed by atoms with Gasteiger partial charge in [-0.2, -0.15) is 0 Å². The third-order valence-corrected chi connectivity index (χ3v) is 2.88. The van der Waals surface area contributed by atoms with Crippen LogP contribution in [-0.4, -0.2) is 12.1 Å². The Morgan fingerprint density at radius 3 is 2.70 bits per heavy atom. The molecule has 1 nitrogen and oxygen atoms in total. The van der Waals surface area contributed by atoms with Crippen LogP contribution < -0.4 is 5.32 Å². The lowest BCUT2D eigenvalue weighted by atomic mass is 9.87. The molecule has 1 atom stereocenters. The van der Waals surface area contributed by atoms with E-state index in [0.717, 1.165) is 5.92 Å². The third-order valence-electron chi connectivity index (χ3n) is 2.88. The maximum Gasteiger partial charge on any atom is 0.0150 e. The minimum Gasteiger partial charge on any atom is -0.312 e. The summed E-state index contributed by atoms with van der Waals surface area (Å²) in [7, 11) is 0. The molecule has 10 heavy (non-hydrogen) atoms. The minimum atomic E-state index is 0.372. The lowest BCUT2D eigenvalue weighted by Crippen LogP contribution is -2.43. The monoisotopic (exact) mass is 141 g/mol. The zero-order chi connectivity index (χ0) is 7.61. The van der Waals surface area contributed by atoms with E-state index in [1.165, 1.54) is 25.8 Å². The van der Waals surface area contributed by atoms with Gasteiger partial charge in [-0.05, 0) is 39.2 Å². The number of hydrogen-bond donors (Lipinski definition) is 1. The first kappa shape index (κ1) is 8.06. The van der Waals surface area contributed by atoms with Gasteiger partial charge in [-0.25, -0.2) is 0 Å². The standard InChI is InChI=1S/C9H19N/c1-8-6-4-5-7-10-9(8,2)3/h8,10H,4-7H2,1-3H3. The van der Waals surface area contributed by atoms with Crippen LogP contribution in [0.15, 0.2) is 0 Å². The van der Waals surface area contributed by atoms with Crippen molar-refractivity contribution in [1.29, 1.82) is 0 Å². The molecule has 1 heterocycles. The van der Waals surface area contributed by atoms with Crippen molar-refractivity contribution in [3.05, 3.63) is 0 Å². The molecule has 0 aliphatic carbocycles. The normalized spacial score (nSPS) is 33.3. The third kappa shape index (κ3) is 1.72. The van der Waals surface area contributed by atoms with Gasteiger partial charge in [0.1, 0.15) is 0 Å². The van der Waals surface area contributed by atoms with Crippen LogP contribution in [0.5, 0.6) is 0 Å². The Morgan fingerprint density at radius 2 is 2.00 bits per heavy atom. The molecule has 0 aromatic carbocycles. The average molecular weight is 141 g/mol. The highest BCUT2D eigenvalue weighted by Crippen LogP contribution is 2.24. The number of hydrogen-bond acceptors (Lipinski definition) is 1. The number of nitrogens with one attached hydrogen (secondary N) is 1. The van der Waals surface area contributed by atoms with Crippen LogP contribution in [0.1, 0.15) is 40.0 Å². The van der Waals surface area contributed by atoms with E-state index in [-0.39, 0.29) is 0 Å². The molecule has 0 aromatic heterocycles. The van der Waals surface area contributed by atoms with Gasteiger partial charge in [0.15, 0.2) is 0 Å². The summed E-state index contributed by atoms with van der Waals surface area (Å²) in [5, 5.41) is 3.57. The highest BCUT2D eigenvalue weighted by molar-refractivity contribution is 4.85. The van der Waals surface area contributed by atoms with E-state index in [2.05, 4.69) is 26.1 Å². The highest BCUT2D eigenvalue weighted by atomic mass is 15.0. The summed E-state index contributed by atoms with van der Waals surface area (Å²) in [5.74, 6) is 0.829. The summed E-state index contributed by atoms with van der Waals surface area (Å²) in [4.78, 5) is 0. The van der Waals surface area contributed by atoms with Gasteiger partial charge < -0.3 is 5.32 Å². The van der Waals surface area contributed by atoms with Crippen LogP contribution in [-0.2, 0) is 0 Å². The molecule has 1 N–H and O–H groups in total. The van der Waals surface area contributed by atoms with E-state index >= 15 is 0 Å². The molecule has 0 bridgehead atoms. The molecular formula is C9H19N. The van der Waals surface area contributed by atoms with Gasteiger partial charge in [0.2, 0.25) is 0 Å². The maximum absolute atomic E-state index is 3.57. The van der Waals surface area contributed by atoms with E-state index in [9.17, 15) is 0 Å². The highest BCUT2D eigenvalue weighted by Gasteiger charge is 2.26. The topological polar surface area (TPSA) is 12.0 Å². The van der Waals surface area contributed by atoms with Gasteiger partial charge in [-0.3, -0.25) is 0 Å². The Morgan fingerprint density at radius 1 is 1.30 bits per heavy atom. The first-order valence-electron chi connectivity index (χ1n) is 4.38. The summed E-state index contributed by atoms with van der Waals surface area (Å²) in [6.45, 7) is 8.17. The van der Waals surface area contributed by atoms with Crippen molar-refractivity contribution in [1.82, 2.24) is 5.32 Å². The summed E-state index contributed by atoms with van der Waals surface area (Å²) in [6.07, 6.45) is 4.14. The molecule has 1 fully saturated rings. The second kappa shape index (κ2) is 2.91. The second-order valence-corrected chi connectivity index (χ2v) is 4.05. The molecule has 0 radical (unpaired) electrons. The Balaban J connectivity index is 2.52. The second-order valence-electron chi connectivity index (χ2n) is 4.05. The zero-order valence-corrected chi connectivity index (χ0v) is 7.41. The molecule has 1 heteroatoms. The van der Waals surface area contributed by atoms with Gasteiger partial charge >= 0.3 is 0 Å². The predicted molar refractivity (Wildman–Crippen MR) is 45.1 cm³/mol. The first-order valence-corrected chi connectivity index (χ1v) is 4.38. The quantitative estimate of drug-likeness (QED) is 0.545. The van der Waals surface area contributed by atoms with Crippen LogP contribution in [0.2, 0.25) is 0 Å². The summed E-state index contributed by atoms with van der Waals surface area (Å²) in [5.41, 5.74) is 0.372. The Bertz CT molecular complexity index is 107. The van der Waals surface area contributed by atoms with Gasteiger partial charge in [0.25, 0.3) is 0 Å². The van der Waals surface area contributed by atoms with Gasteiger partial charge in [0.05, 0.1) is 0 Å². The van der Waals surface area contributed by atoms with Crippen LogP contribution in [0, 0.1) is 5.92 Å². The fourth-order valence-corrected chi connectivity index (χ4v) is 1.52. The number of rotatable bonds is 0. The molecule has 0 spiro atoms. The molecular weight excluding hydrogens is 122 g/mol. The largest absolute Gasteiger partial charge is 0.312 e. The van der Waals surface area contributed by atoms with Crippen molar-refractivity contribution in [3.8, 4) is 0 Å². The van der Waals surface area contributed by atoms with Crippen molar-refractivity contribution in [3.63, 3.8) is 0 Å².